The third-order valence-electron chi connectivity index (χ3n) is 3.71. The van der Waals surface area contributed by atoms with Crippen LogP contribution in [0.15, 0.2) is 59.5 Å². The Hall–Kier alpha value is -2.14. The summed E-state index contributed by atoms with van der Waals surface area (Å²) in [5.41, 5.74) is 1.08. The monoisotopic (exact) mass is 301 g/mol. The maximum absolute atomic E-state index is 12.7. The summed E-state index contributed by atoms with van der Waals surface area (Å²) in [4.78, 5) is 12.6. The van der Waals surface area contributed by atoms with Gasteiger partial charge in [0.15, 0.2) is 0 Å². The van der Waals surface area contributed by atoms with Crippen molar-refractivity contribution in [3.05, 3.63) is 65.7 Å². The van der Waals surface area contributed by atoms with Gasteiger partial charge >= 0.3 is 0 Å². The predicted molar refractivity (Wildman–Crippen MR) is 79.3 cm³/mol. The van der Waals surface area contributed by atoms with Gasteiger partial charge in [-0.1, -0.05) is 49.4 Å². The van der Waals surface area contributed by atoms with Crippen molar-refractivity contribution >= 4 is 15.9 Å². The average molecular weight is 301 g/mol. The second-order valence-corrected chi connectivity index (χ2v) is 6.72. The van der Waals surface area contributed by atoms with Crippen molar-refractivity contribution < 1.29 is 13.2 Å². The summed E-state index contributed by atoms with van der Waals surface area (Å²) in [5, 5.41) is 0. The molecule has 0 saturated carbocycles. The quantitative estimate of drug-likeness (QED) is 0.875. The Morgan fingerprint density at radius 3 is 2.24 bits per heavy atom. The zero-order valence-electron chi connectivity index (χ0n) is 11.6. The molecule has 3 rings (SSSR count). The molecule has 5 heteroatoms. The fourth-order valence-electron chi connectivity index (χ4n) is 2.72. The molecule has 0 spiro atoms. The Bertz CT molecular complexity index is 784. The van der Waals surface area contributed by atoms with Crippen LogP contribution in [0.25, 0.3) is 0 Å². The van der Waals surface area contributed by atoms with Gasteiger partial charge in [0.25, 0.3) is 15.9 Å². The molecule has 1 heterocycles. The first-order chi connectivity index (χ1) is 10.1. The molecular weight excluding hydrogens is 286 g/mol. The Morgan fingerprint density at radius 2 is 1.62 bits per heavy atom. The molecule has 0 aliphatic carbocycles. The molecule has 21 heavy (non-hydrogen) atoms. The minimum absolute atomic E-state index is 0.101. The number of carbonyl (C=O) groups is 1. The molecule has 2 aromatic rings. The van der Waals surface area contributed by atoms with Crippen molar-refractivity contribution in [2.75, 3.05) is 0 Å². The zero-order valence-corrected chi connectivity index (χ0v) is 12.4. The lowest BCUT2D eigenvalue weighted by molar-refractivity contribution is 0.0829. The third-order valence-corrected chi connectivity index (χ3v) is 5.56. The molecule has 1 aliphatic heterocycles. The summed E-state index contributed by atoms with van der Waals surface area (Å²) in [6.45, 7) is 1.88. The lowest BCUT2D eigenvalue weighted by atomic mass is 10.0. The van der Waals surface area contributed by atoms with Gasteiger partial charge in [-0.15, -0.1) is 0 Å². The van der Waals surface area contributed by atoms with E-state index in [0.717, 1.165) is 9.87 Å². The summed E-state index contributed by atoms with van der Waals surface area (Å²) in [6.07, 6.45) is 0.531. The fourth-order valence-corrected chi connectivity index (χ4v) is 4.54. The van der Waals surface area contributed by atoms with Crippen molar-refractivity contribution in [3.63, 3.8) is 0 Å². The van der Waals surface area contributed by atoms with Gasteiger partial charge in [0.2, 0.25) is 0 Å². The summed E-state index contributed by atoms with van der Waals surface area (Å²) >= 11 is 0. The summed E-state index contributed by atoms with van der Waals surface area (Å²) in [6, 6.07) is 15.1. The van der Waals surface area contributed by atoms with Crippen molar-refractivity contribution in [2.45, 2.75) is 24.3 Å². The number of rotatable bonds is 3. The van der Waals surface area contributed by atoms with Crippen LogP contribution in [0.1, 0.15) is 35.3 Å². The highest BCUT2D eigenvalue weighted by Crippen LogP contribution is 2.38. The van der Waals surface area contributed by atoms with E-state index in [2.05, 4.69) is 0 Å². The number of nitrogens with zero attached hydrogens (tertiary/aromatic N) is 1. The molecule has 0 radical (unpaired) electrons. The molecule has 0 aromatic heterocycles. The van der Waals surface area contributed by atoms with Gasteiger partial charge in [-0.05, 0) is 24.1 Å². The van der Waals surface area contributed by atoms with Gasteiger partial charge in [-0.25, -0.2) is 12.7 Å². The molecule has 1 aliphatic rings. The molecule has 0 bridgehead atoms. The van der Waals surface area contributed by atoms with Crippen LogP contribution in [0.2, 0.25) is 0 Å². The van der Waals surface area contributed by atoms with Crippen LogP contribution in [0, 0.1) is 0 Å². The van der Waals surface area contributed by atoms with E-state index in [1.54, 1.807) is 18.2 Å². The molecular formula is C16H15NO3S. The second-order valence-electron chi connectivity index (χ2n) is 4.94. The number of fused-ring (bicyclic) bond motifs is 1. The van der Waals surface area contributed by atoms with E-state index in [0.29, 0.717) is 6.42 Å². The van der Waals surface area contributed by atoms with Gasteiger partial charge < -0.3 is 0 Å². The third kappa shape index (κ3) is 2.05. The van der Waals surface area contributed by atoms with Crippen LogP contribution in [0.4, 0.5) is 0 Å². The van der Waals surface area contributed by atoms with Crippen LogP contribution in [-0.4, -0.2) is 18.6 Å². The van der Waals surface area contributed by atoms with E-state index in [1.807, 2.05) is 37.3 Å². The van der Waals surface area contributed by atoms with E-state index in [-0.39, 0.29) is 10.5 Å². The standard InChI is InChI=1S/C16H15NO3S/c1-2-14(12-8-4-3-5-9-12)17-16(18)13-10-6-7-11-15(13)21(17,19)20/h3-11,14H,2H2,1H3/t14-/m1/s1. The molecule has 2 aromatic carbocycles. The van der Waals surface area contributed by atoms with E-state index in [9.17, 15) is 13.2 Å². The number of hydrogen-bond donors (Lipinski definition) is 0. The van der Waals surface area contributed by atoms with Crippen molar-refractivity contribution in [3.8, 4) is 0 Å². The summed E-state index contributed by atoms with van der Waals surface area (Å²) < 4.78 is 26.4. The minimum Gasteiger partial charge on any atom is -0.268 e. The highest BCUT2D eigenvalue weighted by atomic mass is 32.2. The summed E-state index contributed by atoms with van der Waals surface area (Å²) in [5.74, 6) is -0.443. The van der Waals surface area contributed by atoms with E-state index in [1.165, 1.54) is 6.07 Å². The van der Waals surface area contributed by atoms with Gasteiger partial charge in [-0.3, -0.25) is 4.79 Å². The molecule has 108 valence electrons. The van der Waals surface area contributed by atoms with Crippen LogP contribution in [0.5, 0.6) is 0 Å². The molecule has 0 saturated heterocycles. The second kappa shape index (κ2) is 5.00. The van der Waals surface area contributed by atoms with Gasteiger partial charge in [0.1, 0.15) is 4.90 Å². The number of amides is 1. The van der Waals surface area contributed by atoms with Crippen LogP contribution < -0.4 is 0 Å². The fraction of sp³-hybridized carbons (Fsp3) is 0.188. The predicted octanol–water partition coefficient (Wildman–Crippen LogP) is 2.98. The first-order valence-corrected chi connectivity index (χ1v) is 8.24. The van der Waals surface area contributed by atoms with Gasteiger partial charge in [0.05, 0.1) is 11.6 Å². The van der Waals surface area contributed by atoms with Crippen LogP contribution >= 0.6 is 0 Å². The minimum atomic E-state index is -3.77. The molecule has 1 atom stereocenters. The number of benzene rings is 2. The molecule has 4 nitrogen and oxygen atoms in total. The molecule has 0 unspecified atom stereocenters. The Kier molecular flexibility index (Phi) is 3.29. The highest BCUT2D eigenvalue weighted by Gasteiger charge is 2.44. The van der Waals surface area contributed by atoms with Crippen molar-refractivity contribution in [2.24, 2.45) is 0 Å². The van der Waals surface area contributed by atoms with E-state index < -0.39 is 22.0 Å². The van der Waals surface area contributed by atoms with Crippen LogP contribution in [-0.2, 0) is 10.0 Å². The number of carbonyl (C=O) groups excluding carboxylic acids is 1. The largest absolute Gasteiger partial charge is 0.269 e. The molecule has 0 N–H and O–H groups in total. The number of sulfonamides is 1. The molecule has 0 fully saturated rings. The lowest BCUT2D eigenvalue weighted by Gasteiger charge is -2.26. The SMILES string of the molecule is CC[C@H](c1ccccc1)N1C(=O)c2ccccc2S1(=O)=O. The molecule has 1 amide bonds. The van der Waals surface area contributed by atoms with Gasteiger partial charge in [-0.2, -0.15) is 0 Å². The van der Waals surface area contributed by atoms with Crippen LogP contribution in [0.3, 0.4) is 0 Å². The maximum Gasteiger partial charge on any atom is 0.269 e. The maximum atomic E-state index is 12.7. The topological polar surface area (TPSA) is 54.5 Å². The Morgan fingerprint density at radius 1 is 1.00 bits per heavy atom. The van der Waals surface area contributed by atoms with Crippen molar-refractivity contribution in [1.82, 2.24) is 4.31 Å². The van der Waals surface area contributed by atoms with Crippen molar-refractivity contribution in [1.29, 1.82) is 0 Å². The Balaban J connectivity index is 2.14. The van der Waals surface area contributed by atoms with E-state index >= 15 is 0 Å². The lowest BCUT2D eigenvalue weighted by Crippen LogP contribution is -2.34. The number of hydrogen-bond acceptors (Lipinski definition) is 3. The van der Waals surface area contributed by atoms with Gasteiger partial charge in [0, 0.05) is 0 Å². The Labute approximate surface area is 124 Å². The first-order valence-electron chi connectivity index (χ1n) is 6.80. The zero-order chi connectivity index (χ0) is 15.0. The normalized spacial score (nSPS) is 17.6. The van der Waals surface area contributed by atoms with E-state index in [4.69, 9.17) is 0 Å². The smallest absolute Gasteiger partial charge is 0.268 e. The average Bonchev–Trinajstić information content (AvgIpc) is 2.71. The highest BCUT2D eigenvalue weighted by molar-refractivity contribution is 7.90. The summed E-state index contributed by atoms with van der Waals surface area (Å²) in [7, 11) is -3.77. The first kappa shape index (κ1) is 13.8.